The van der Waals surface area contributed by atoms with Gasteiger partial charge in [-0.2, -0.15) is 0 Å². The smallest absolute Gasteiger partial charge is 0.333 e. The molecule has 1 rings (SSSR count). The molecule has 0 N–H and O–H groups in total. The van der Waals surface area contributed by atoms with Gasteiger partial charge >= 0.3 is 5.97 Å². The summed E-state index contributed by atoms with van der Waals surface area (Å²) in [6.45, 7) is 4.14. The van der Waals surface area contributed by atoms with E-state index in [1.165, 1.54) is 32.8 Å². The van der Waals surface area contributed by atoms with Crippen molar-refractivity contribution >= 4 is 5.97 Å². The van der Waals surface area contributed by atoms with Gasteiger partial charge in [0, 0.05) is 5.57 Å². The normalized spacial score (nSPS) is 28.6. The van der Waals surface area contributed by atoms with Crippen LogP contribution in [0, 0.1) is 11.8 Å². The van der Waals surface area contributed by atoms with Crippen molar-refractivity contribution in [1.82, 2.24) is 0 Å². The highest BCUT2D eigenvalue weighted by Crippen LogP contribution is 2.29. The van der Waals surface area contributed by atoms with E-state index in [-0.39, 0.29) is 5.97 Å². The fourth-order valence-electron chi connectivity index (χ4n) is 2.04. The second-order valence-electron chi connectivity index (χ2n) is 4.36. The molecular weight excluding hydrogens is 176 g/mol. The molecule has 0 amide bonds. The number of esters is 1. The minimum Gasteiger partial charge on any atom is -0.466 e. The van der Waals surface area contributed by atoms with Crippen LogP contribution in [-0.2, 0) is 9.53 Å². The van der Waals surface area contributed by atoms with E-state index in [9.17, 15) is 4.79 Å². The average Bonchev–Trinajstić information content (AvgIpc) is 2.20. The van der Waals surface area contributed by atoms with Crippen LogP contribution in [0.4, 0.5) is 0 Å². The molecule has 0 aromatic rings. The van der Waals surface area contributed by atoms with Crippen molar-refractivity contribution in [3.05, 3.63) is 11.6 Å². The third kappa shape index (κ3) is 3.17. The van der Waals surface area contributed by atoms with Crippen LogP contribution in [0.15, 0.2) is 11.6 Å². The maximum atomic E-state index is 11.2. The van der Waals surface area contributed by atoms with Crippen LogP contribution in [0.2, 0.25) is 0 Å². The summed E-state index contributed by atoms with van der Waals surface area (Å²) in [6, 6.07) is 0. The Bertz CT molecular complexity index is 222. The molecule has 14 heavy (non-hydrogen) atoms. The van der Waals surface area contributed by atoms with Gasteiger partial charge in [-0.1, -0.05) is 25.8 Å². The third-order valence-electron chi connectivity index (χ3n) is 3.05. The van der Waals surface area contributed by atoms with E-state index < -0.39 is 0 Å². The average molecular weight is 196 g/mol. The van der Waals surface area contributed by atoms with Gasteiger partial charge in [-0.3, -0.25) is 0 Å². The second kappa shape index (κ2) is 5.18. The van der Waals surface area contributed by atoms with Crippen LogP contribution in [0.3, 0.4) is 0 Å². The molecule has 1 saturated carbocycles. The van der Waals surface area contributed by atoms with Gasteiger partial charge in [-0.15, -0.1) is 0 Å². The Morgan fingerprint density at radius 3 is 2.36 bits per heavy atom. The summed E-state index contributed by atoms with van der Waals surface area (Å²) >= 11 is 0. The molecule has 0 unspecified atom stereocenters. The summed E-state index contributed by atoms with van der Waals surface area (Å²) in [5.74, 6) is 1.26. The second-order valence-corrected chi connectivity index (χ2v) is 4.36. The molecule has 2 nitrogen and oxygen atoms in total. The minimum atomic E-state index is -0.191. The van der Waals surface area contributed by atoms with Crippen LogP contribution < -0.4 is 0 Å². The molecule has 0 aromatic carbocycles. The van der Waals surface area contributed by atoms with Gasteiger partial charge in [0.25, 0.3) is 0 Å². The number of rotatable bonds is 2. The summed E-state index contributed by atoms with van der Waals surface area (Å²) in [4.78, 5) is 11.2. The molecule has 1 aliphatic carbocycles. The molecule has 0 bridgehead atoms. The predicted octanol–water partition coefficient (Wildman–Crippen LogP) is 2.93. The number of carbonyl (C=O) groups excluding carboxylic acids is 1. The number of carbonyl (C=O) groups is 1. The number of methoxy groups -OCH3 is 1. The Morgan fingerprint density at radius 2 is 1.86 bits per heavy atom. The molecule has 0 saturated heterocycles. The lowest BCUT2D eigenvalue weighted by Gasteiger charge is -2.24. The first-order chi connectivity index (χ1) is 6.63. The van der Waals surface area contributed by atoms with E-state index in [0.29, 0.717) is 5.92 Å². The van der Waals surface area contributed by atoms with Crippen LogP contribution in [-0.4, -0.2) is 13.1 Å². The standard InChI is InChI=1S/C12H20O2/c1-9-4-6-11(7-5-9)8-10(2)12(13)14-3/h8-9,11H,4-7H2,1-3H3. The molecule has 0 spiro atoms. The maximum absolute atomic E-state index is 11.2. The van der Waals surface area contributed by atoms with Gasteiger partial charge in [0.2, 0.25) is 0 Å². The molecule has 0 aliphatic heterocycles. The highest BCUT2D eigenvalue weighted by Gasteiger charge is 2.17. The summed E-state index contributed by atoms with van der Waals surface area (Å²) in [7, 11) is 1.43. The first kappa shape index (κ1) is 11.3. The molecule has 1 aliphatic rings. The van der Waals surface area contributed by atoms with E-state index in [1.807, 2.05) is 6.92 Å². The van der Waals surface area contributed by atoms with Gasteiger partial charge in [-0.05, 0) is 31.6 Å². The van der Waals surface area contributed by atoms with E-state index in [4.69, 9.17) is 0 Å². The van der Waals surface area contributed by atoms with Crippen LogP contribution in [0.25, 0.3) is 0 Å². The van der Waals surface area contributed by atoms with Gasteiger partial charge in [-0.25, -0.2) is 4.79 Å². The van der Waals surface area contributed by atoms with Crippen molar-refractivity contribution in [1.29, 1.82) is 0 Å². The van der Waals surface area contributed by atoms with E-state index in [2.05, 4.69) is 17.7 Å². The zero-order valence-electron chi connectivity index (χ0n) is 9.38. The number of hydrogen-bond acceptors (Lipinski definition) is 2. The SMILES string of the molecule is COC(=O)C(C)=CC1CCC(C)CC1. The Balaban J connectivity index is 2.47. The van der Waals surface area contributed by atoms with Crippen molar-refractivity contribution in [2.24, 2.45) is 11.8 Å². The largest absolute Gasteiger partial charge is 0.466 e. The summed E-state index contributed by atoms with van der Waals surface area (Å²) in [5.41, 5.74) is 0.757. The Hall–Kier alpha value is -0.790. The molecule has 1 fully saturated rings. The van der Waals surface area contributed by atoms with Gasteiger partial charge in [0.15, 0.2) is 0 Å². The van der Waals surface area contributed by atoms with Gasteiger partial charge < -0.3 is 4.74 Å². The van der Waals surface area contributed by atoms with Crippen molar-refractivity contribution in [3.63, 3.8) is 0 Å². The lowest BCUT2D eigenvalue weighted by atomic mass is 9.82. The van der Waals surface area contributed by atoms with Crippen molar-refractivity contribution in [2.75, 3.05) is 7.11 Å². The molecule has 2 heteroatoms. The third-order valence-corrected chi connectivity index (χ3v) is 3.05. The van der Waals surface area contributed by atoms with E-state index in [1.54, 1.807) is 0 Å². The van der Waals surface area contributed by atoms with Crippen LogP contribution >= 0.6 is 0 Å². The van der Waals surface area contributed by atoms with Crippen LogP contribution in [0.1, 0.15) is 39.5 Å². The van der Waals surface area contributed by atoms with Gasteiger partial charge in [0.1, 0.15) is 0 Å². The Morgan fingerprint density at radius 1 is 1.29 bits per heavy atom. The molecule has 0 aromatic heterocycles. The summed E-state index contributed by atoms with van der Waals surface area (Å²) in [6.07, 6.45) is 7.09. The Labute approximate surface area is 86.3 Å². The van der Waals surface area contributed by atoms with Gasteiger partial charge in [0.05, 0.1) is 7.11 Å². The first-order valence-electron chi connectivity index (χ1n) is 5.40. The summed E-state index contributed by atoms with van der Waals surface area (Å²) < 4.78 is 4.67. The van der Waals surface area contributed by atoms with Crippen molar-refractivity contribution in [2.45, 2.75) is 39.5 Å². The van der Waals surface area contributed by atoms with Crippen LogP contribution in [0.5, 0.6) is 0 Å². The van der Waals surface area contributed by atoms with E-state index in [0.717, 1.165) is 11.5 Å². The molecule has 0 heterocycles. The van der Waals surface area contributed by atoms with E-state index >= 15 is 0 Å². The summed E-state index contributed by atoms with van der Waals surface area (Å²) in [5, 5.41) is 0. The highest BCUT2D eigenvalue weighted by molar-refractivity contribution is 5.87. The fourth-order valence-corrected chi connectivity index (χ4v) is 2.04. The lowest BCUT2D eigenvalue weighted by molar-refractivity contribution is -0.136. The predicted molar refractivity (Wildman–Crippen MR) is 56.9 cm³/mol. The molecule has 80 valence electrons. The molecular formula is C12H20O2. The fraction of sp³-hybridized carbons (Fsp3) is 0.750. The maximum Gasteiger partial charge on any atom is 0.333 e. The molecule has 0 radical (unpaired) electrons. The highest BCUT2D eigenvalue weighted by atomic mass is 16.5. The topological polar surface area (TPSA) is 26.3 Å². The van der Waals surface area contributed by atoms with Crippen molar-refractivity contribution < 1.29 is 9.53 Å². The Kier molecular flexibility index (Phi) is 4.18. The number of hydrogen-bond donors (Lipinski definition) is 0. The quantitative estimate of drug-likeness (QED) is 0.501. The number of allylic oxidation sites excluding steroid dienone is 1. The zero-order chi connectivity index (χ0) is 10.6. The lowest BCUT2D eigenvalue weighted by Crippen LogP contribution is -2.12. The first-order valence-corrected chi connectivity index (χ1v) is 5.40. The zero-order valence-corrected chi connectivity index (χ0v) is 9.38. The number of ether oxygens (including phenoxy) is 1. The monoisotopic (exact) mass is 196 g/mol. The molecule has 0 atom stereocenters. The van der Waals surface area contributed by atoms with Crippen molar-refractivity contribution in [3.8, 4) is 0 Å². The minimum absolute atomic E-state index is 0.191.